The number of halogens is 3. The Morgan fingerprint density at radius 2 is 1.45 bits per heavy atom. The summed E-state index contributed by atoms with van der Waals surface area (Å²) in [6.07, 6.45) is -5.15. The lowest BCUT2D eigenvalue weighted by Gasteiger charge is -2.35. The van der Waals surface area contributed by atoms with Crippen LogP contribution in [0.3, 0.4) is 0 Å². The summed E-state index contributed by atoms with van der Waals surface area (Å²) in [5.41, 5.74) is -3.94. The molecule has 29 heavy (non-hydrogen) atoms. The molecule has 0 radical (unpaired) electrons. The molecule has 7 nitrogen and oxygen atoms in total. The van der Waals surface area contributed by atoms with Crippen molar-refractivity contribution in [1.82, 2.24) is 0 Å². The molecule has 0 saturated heterocycles. The molecule has 0 bridgehead atoms. The number of hydrogen-bond acceptors (Lipinski definition) is 7. The van der Waals surface area contributed by atoms with E-state index in [1.165, 1.54) is 31.4 Å². The third-order valence-electron chi connectivity index (χ3n) is 4.25. The minimum atomic E-state index is -5.15. The van der Waals surface area contributed by atoms with Crippen LogP contribution in [0.25, 0.3) is 0 Å². The number of phenols is 1. The van der Waals surface area contributed by atoms with Crippen molar-refractivity contribution in [2.24, 2.45) is 0 Å². The van der Waals surface area contributed by atoms with Gasteiger partial charge in [0.25, 0.3) is 5.54 Å². The third-order valence-corrected chi connectivity index (χ3v) is 4.25. The second kappa shape index (κ2) is 8.38. The van der Waals surface area contributed by atoms with E-state index in [1.807, 2.05) is 0 Å². The van der Waals surface area contributed by atoms with Crippen molar-refractivity contribution in [1.29, 1.82) is 0 Å². The molecule has 0 aliphatic rings. The second-order valence-electron chi connectivity index (χ2n) is 5.82. The van der Waals surface area contributed by atoms with Gasteiger partial charge in [-0.1, -0.05) is 0 Å². The molecule has 0 amide bonds. The first kappa shape index (κ1) is 22.0. The monoisotopic (exact) mass is 415 g/mol. The Kier molecular flexibility index (Phi) is 6.35. The lowest BCUT2D eigenvalue weighted by atomic mass is 9.87. The smallest absolute Gasteiger partial charge is 0.426 e. The number of phenolic OH excluding ortho intramolecular Hbond substituents is 1. The van der Waals surface area contributed by atoms with Crippen molar-refractivity contribution in [3.63, 3.8) is 0 Å². The molecule has 0 saturated carbocycles. The highest BCUT2D eigenvalue weighted by Crippen LogP contribution is 2.47. The summed E-state index contributed by atoms with van der Waals surface area (Å²) in [4.78, 5) is 12.5. The van der Waals surface area contributed by atoms with Crippen LogP contribution in [-0.4, -0.2) is 45.7 Å². The van der Waals surface area contributed by atoms with Crippen LogP contribution in [0.1, 0.15) is 5.56 Å². The van der Waals surface area contributed by atoms with Crippen LogP contribution in [0.5, 0.6) is 23.0 Å². The Bertz CT molecular complexity index is 844. The van der Waals surface area contributed by atoms with E-state index in [9.17, 15) is 23.1 Å². The van der Waals surface area contributed by atoms with Gasteiger partial charge in [0.15, 0.2) is 11.5 Å². The van der Waals surface area contributed by atoms with E-state index >= 15 is 0 Å². The maximum absolute atomic E-state index is 14.4. The molecule has 0 fully saturated rings. The Hall–Kier alpha value is -3.30. The average Bonchev–Trinajstić information content (AvgIpc) is 2.71. The van der Waals surface area contributed by atoms with Crippen LogP contribution in [-0.2, 0) is 15.1 Å². The quantitative estimate of drug-likeness (QED) is 0.670. The fourth-order valence-electron chi connectivity index (χ4n) is 2.75. The molecule has 1 atom stereocenters. The number of rotatable bonds is 7. The molecular weight excluding hydrogens is 395 g/mol. The lowest BCUT2D eigenvalue weighted by molar-refractivity contribution is -0.201. The highest BCUT2D eigenvalue weighted by atomic mass is 19.4. The third kappa shape index (κ3) is 3.96. The molecule has 2 aromatic rings. The van der Waals surface area contributed by atoms with E-state index in [0.29, 0.717) is 5.75 Å². The zero-order valence-corrected chi connectivity index (χ0v) is 16.1. The van der Waals surface area contributed by atoms with Gasteiger partial charge in [0.1, 0.15) is 5.75 Å². The predicted molar refractivity (Wildman–Crippen MR) is 97.6 cm³/mol. The summed E-state index contributed by atoms with van der Waals surface area (Å²) in [5, 5.41) is 12.3. The van der Waals surface area contributed by atoms with Gasteiger partial charge >= 0.3 is 12.1 Å². The number of nitrogens with one attached hydrogen (secondary N) is 1. The van der Waals surface area contributed by atoms with Crippen molar-refractivity contribution in [3.8, 4) is 23.0 Å². The fraction of sp³-hybridized carbons (Fsp3) is 0.316. The van der Waals surface area contributed by atoms with Crippen LogP contribution >= 0.6 is 0 Å². The molecule has 0 heterocycles. The van der Waals surface area contributed by atoms with Crippen LogP contribution in [0.4, 0.5) is 18.9 Å². The van der Waals surface area contributed by atoms with Gasteiger partial charge in [0.2, 0.25) is 5.75 Å². The van der Waals surface area contributed by atoms with E-state index in [-0.39, 0.29) is 17.2 Å². The number of carbonyl (C=O) groups is 1. The van der Waals surface area contributed by atoms with Gasteiger partial charge < -0.3 is 29.4 Å². The van der Waals surface area contributed by atoms with Gasteiger partial charge in [0, 0.05) is 11.3 Å². The SMILES string of the molecule is COC(=O)[C@@](Nc1ccc(OC)cc1)(c1cc(OC)c(O)c(OC)c1)C(F)(F)F. The number of ether oxygens (including phenoxy) is 4. The van der Waals surface area contributed by atoms with E-state index in [0.717, 1.165) is 33.5 Å². The van der Waals surface area contributed by atoms with E-state index in [2.05, 4.69) is 10.1 Å². The van der Waals surface area contributed by atoms with Crippen LogP contribution in [0, 0.1) is 0 Å². The van der Waals surface area contributed by atoms with Crippen LogP contribution in [0.2, 0.25) is 0 Å². The number of esters is 1. The number of anilines is 1. The molecule has 2 rings (SSSR count). The molecule has 2 N–H and O–H groups in total. The van der Waals surface area contributed by atoms with Crippen molar-refractivity contribution in [2.45, 2.75) is 11.7 Å². The number of aromatic hydroxyl groups is 1. The maximum Gasteiger partial charge on any atom is 0.426 e. The fourth-order valence-corrected chi connectivity index (χ4v) is 2.75. The second-order valence-corrected chi connectivity index (χ2v) is 5.82. The van der Waals surface area contributed by atoms with Crippen molar-refractivity contribution in [3.05, 3.63) is 42.0 Å². The predicted octanol–water partition coefficient (Wildman–Crippen LogP) is 3.46. The van der Waals surface area contributed by atoms with Gasteiger partial charge in [-0.25, -0.2) is 4.79 Å². The van der Waals surface area contributed by atoms with Crippen LogP contribution < -0.4 is 19.5 Å². The number of alkyl halides is 3. The Morgan fingerprint density at radius 1 is 0.931 bits per heavy atom. The highest BCUT2D eigenvalue weighted by Gasteiger charge is 2.63. The van der Waals surface area contributed by atoms with Crippen molar-refractivity contribution in [2.75, 3.05) is 33.8 Å². The molecule has 2 aromatic carbocycles. The van der Waals surface area contributed by atoms with E-state index in [1.54, 1.807) is 0 Å². The minimum absolute atomic E-state index is 0.0282. The zero-order chi connectivity index (χ0) is 21.8. The minimum Gasteiger partial charge on any atom is -0.502 e. The van der Waals surface area contributed by atoms with Crippen LogP contribution in [0.15, 0.2) is 36.4 Å². The zero-order valence-electron chi connectivity index (χ0n) is 16.1. The van der Waals surface area contributed by atoms with Crippen molar-refractivity contribution >= 4 is 11.7 Å². The standard InChI is InChI=1S/C19H20F3NO6/c1-26-13-7-5-12(6-8-13)23-18(17(25)29-4,19(20,21)22)11-9-14(27-2)16(24)15(10-11)28-3/h5-10,23-24H,1-4H3/t18-/m0/s1. The summed E-state index contributed by atoms with van der Waals surface area (Å²) >= 11 is 0. The highest BCUT2D eigenvalue weighted by molar-refractivity contribution is 5.88. The van der Waals surface area contributed by atoms with Gasteiger partial charge in [0.05, 0.1) is 28.4 Å². The Labute approximate surface area is 164 Å². The first-order valence-corrected chi connectivity index (χ1v) is 8.17. The molecule has 0 unspecified atom stereocenters. The van der Waals surface area contributed by atoms with Gasteiger partial charge in [-0.3, -0.25) is 0 Å². The summed E-state index contributed by atoms with van der Waals surface area (Å²) in [5.74, 6) is -2.33. The van der Waals surface area contributed by atoms with E-state index < -0.39 is 29.0 Å². The lowest BCUT2D eigenvalue weighted by Crippen LogP contribution is -2.55. The Balaban J connectivity index is 2.77. The molecule has 158 valence electrons. The molecule has 0 spiro atoms. The van der Waals surface area contributed by atoms with Crippen molar-refractivity contribution < 1.29 is 42.0 Å². The molecule has 0 aliphatic carbocycles. The number of hydrogen-bond donors (Lipinski definition) is 2. The average molecular weight is 415 g/mol. The summed E-state index contributed by atoms with van der Waals surface area (Å²) in [6, 6.07) is 7.27. The summed E-state index contributed by atoms with van der Waals surface area (Å²) in [7, 11) is 4.56. The van der Waals surface area contributed by atoms with Gasteiger partial charge in [-0.15, -0.1) is 0 Å². The topological polar surface area (TPSA) is 86.3 Å². The Morgan fingerprint density at radius 3 is 1.83 bits per heavy atom. The maximum atomic E-state index is 14.4. The molecule has 0 aliphatic heterocycles. The van der Waals surface area contributed by atoms with Gasteiger partial charge in [-0.05, 0) is 36.4 Å². The number of benzene rings is 2. The summed E-state index contributed by atoms with van der Waals surface area (Å²) < 4.78 is 62.5. The normalized spacial score (nSPS) is 13.2. The van der Waals surface area contributed by atoms with Gasteiger partial charge in [-0.2, -0.15) is 13.2 Å². The molecular formula is C19H20F3NO6. The first-order chi connectivity index (χ1) is 13.6. The van der Waals surface area contributed by atoms with E-state index in [4.69, 9.17) is 14.2 Å². The largest absolute Gasteiger partial charge is 0.502 e. The first-order valence-electron chi connectivity index (χ1n) is 8.17. The number of methoxy groups -OCH3 is 4. The molecule has 10 heteroatoms. The number of carbonyl (C=O) groups excluding carboxylic acids is 1. The summed E-state index contributed by atoms with van der Waals surface area (Å²) in [6.45, 7) is 0. The molecule has 0 aromatic heterocycles.